The topological polar surface area (TPSA) is 136 Å². The van der Waals surface area contributed by atoms with E-state index in [4.69, 9.17) is 18.9 Å². The molecule has 0 aliphatic carbocycles. The summed E-state index contributed by atoms with van der Waals surface area (Å²) in [4.78, 5) is 47.7. The lowest BCUT2D eigenvalue weighted by Gasteiger charge is -2.26. The minimum absolute atomic E-state index is 0.0745. The number of ether oxygens (including phenoxy) is 4. The predicted molar refractivity (Wildman–Crippen MR) is 226 cm³/mol. The Morgan fingerprint density at radius 1 is 0.800 bits per heavy atom. The van der Waals surface area contributed by atoms with E-state index in [1.54, 1.807) is 49.7 Å². The largest absolute Gasteiger partial charge is 0.493 e. The number of para-hydroxylation sites is 2. The molecule has 2 saturated heterocycles. The lowest BCUT2D eigenvalue weighted by atomic mass is 10.1. The molecule has 7 aromatic rings. The summed E-state index contributed by atoms with van der Waals surface area (Å²) >= 11 is 0. The minimum atomic E-state index is -0.894. The number of methoxy groups -OCH3 is 1. The first-order chi connectivity index (χ1) is 29.4. The van der Waals surface area contributed by atoms with Crippen LogP contribution in [0.4, 0.5) is 20.6 Å². The van der Waals surface area contributed by atoms with Crippen molar-refractivity contribution in [2.24, 2.45) is 0 Å². The summed E-state index contributed by atoms with van der Waals surface area (Å²) in [6.07, 6.45) is 3.54. The van der Waals surface area contributed by atoms with E-state index in [-0.39, 0.29) is 22.7 Å². The second-order valence-corrected chi connectivity index (χ2v) is 14.2. The number of fused-ring (bicyclic) bond motifs is 4. The van der Waals surface area contributed by atoms with Crippen LogP contribution >= 0.6 is 0 Å². The van der Waals surface area contributed by atoms with Crippen molar-refractivity contribution in [3.05, 3.63) is 133 Å². The Hall–Kier alpha value is -7.29. The summed E-state index contributed by atoms with van der Waals surface area (Å²) < 4.78 is 40.8. The quantitative estimate of drug-likeness (QED) is 0.0712. The predicted octanol–water partition coefficient (Wildman–Crippen LogP) is 7.95. The average molecular weight is 807 g/mol. The molecular formula is C46H39FN6O7. The van der Waals surface area contributed by atoms with Gasteiger partial charge >= 0.3 is 6.03 Å². The standard InChI is InChI=1S/C46H39FN6O7/c1-57-42-26-34-37(27-43(42)59-21-7-18-51-19-22-58-23-20-51)48-17-16-40(34)60-41-15-14-29(24-36(41)47)49-28-35-44(54)50-46(56)53(45(35)55)31-9-6-8-30(25-31)52-38-12-4-2-10-32(38)33-11-3-5-13-39(33)52/h2-6,8-17,24-28,49H,7,18-23H2,1H3,(H,50,54,56)/b35-28+. The first kappa shape index (κ1) is 38.2. The fourth-order valence-electron chi connectivity index (χ4n) is 7.60. The number of amides is 4. The maximum Gasteiger partial charge on any atom is 0.335 e. The molecule has 5 aromatic carbocycles. The van der Waals surface area contributed by atoms with Gasteiger partial charge in [0.15, 0.2) is 23.1 Å². The van der Waals surface area contributed by atoms with Crippen molar-refractivity contribution >= 4 is 61.9 Å². The summed E-state index contributed by atoms with van der Waals surface area (Å²) in [6, 6.07) is 31.3. The van der Waals surface area contributed by atoms with Crippen LogP contribution in [0, 0.1) is 5.82 Å². The van der Waals surface area contributed by atoms with E-state index in [0.717, 1.165) is 72.2 Å². The van der Waals surface area contributed by atoms with Crippen molar-refractivity contribution in [2.75, 3.05) is 56.8 Å². The fraction of sp³-hybridized carbons (Fsp3) is 0.174. The van der Waals surface area contributed by atoms with Gasteiger partial charge < -0.3 is 28.8 Å². The highest BCUT2D eigenvalue weighted by molar-refractivity contribution is 6.37. The van der Waals surface area contributed by atoms with Crippen molar-refractivity contribution in [2.45, 2.75) is 6.42 Å². The molecule has 0 atom stereocenters. The molecule has 0 unspecified atom stereocenters. The molecule has 0 radical (unpaired) electrons. The lowest BCUT2D eigenvalue weighted by Crippen LogP contribution is -2.54. The van der Waals surface area contributed by atoms with E-state index < -0.39 is 23.7 Å². The number of benzene rings is 5. The highest BCUT2D eigenvalue weighted by Gasteiger charge is 2.37. The van der Waals surface area contributed by atoms with Gasteiger partial charge in [0.05, 0.1) is 49.2 Å². The maximum absolute atomic E-state index is 15.6. The number of hydrogen-bond acceptors (Lipinski definition) is 10. The van der Waals surface area contributed by atoms with Gasteiger partial charge in [-0.2, -0.15) is 0 Å². The number of halogens is 1. The smallest absolute Gasteiger partial charge is 0.335 e. The molecule has 2 aromatic heterocycles. The van der Waals surface area contributed by atoms with Crippen LogP contribution in [0.2, 0.25) is 0 Å². The first-order valence-corrected chi connectivity index (χ1v) is 19.5. The Balaban J connectivity index is 0.908. The molecule has 60 heavy (non-hydrogen) atoms. The van der Waals surface area contributed by atoms with E-state index in [1.165, 1.54) is 18.2 Å². The number of rotatable bonds is 12. The molecule has 2 aliphatic rings. The molecule has 14 heteroatoms. The average Bonchev–Trinajstić information content (AvgIpc) is 3.60. The number of pyridine rings is 1. The molecule has 2 N–H and O–H groups in total. The van der Waals surface area contributed by atoms with E-state index in [1.807, 2.05) is 54.6 Å². The van der Waals surface area contributed by atoms with Crippen LogP contribution in [-0.4, -0.2) is 78.9 Å². The molecule has 4 amide bonds. The summed E-state index contributed by atoms with van der Waals surface area (Å²) in [6.45, 7) is 4.70. The number of imide groups is 2. The number of anilines is 2. The zero-order valence-corrected chi connectivity index (χ0v) is 32.5. The van der Waals surface area contributed by atoms with E-state index in [0.29, 0.717) is 40.4 Å². The van der Waals surface area contributed by atoms with Gasteiger partial charge in [0, 0.05) is 71.7 Å². The number of nitrogens with one attached hydrogen (secondary N) is 2. The van der Waals surface area contributed by atoms with Crippen LogP contribution in [0.1, 0.15) is 6.42 Å². The number of morpholine rings is 1. The van der Waals surface area contributed by atoms with Crippen LogP contribution in [0.25, 0.3) is 38.4 Å². The van der Waals surface area contributed by atoms with Crippen LogP contribution in [-0.2, 0) is 14.3 Å². The molecule has 4 heterocycles. The number of hydrogen-bond donors (Lipinski definition) is 2. The minimum Gasteiger partial charge on any atom is -0.493 e. The zero-order valence-electron chi connectivity index (χ0n) is 32.5. The summed E-state index contributed by atoms with van der Waals surface area (Å²) in [5, 5.41) is 7.77. The van der Waals surface area contributed by atoms with Gasteiger partial charge in [0.25, 0.3) is 11.8 Å². The Bertz CT molecular complexity index is 2780. The number of aromatic nitrogens is 2. The molecule has 0 saturated carbocycles. The van der Waals surface area contributed by atoms with Gasteiger partial charge in [-0.3, -0.25) is 24.8 Å². The Morgan fingerprint density at radius 3 is 2.30 bits per heavy atom. The highest BCUT2D eigenvalue weighted by atomic mass is 19.1. The molecule has 13 nitrogen and oxygen atoms in total. The molecule has 2 aliphatic heterocycles. The third-order valence-corrected chi connectivity index (χ3v) is 10.5. The van der Waals surface area contributed by atoms with Crippen LogP contribution in [0.3, 0.4) is 0 Å². The zero-order chi connectivity index (χ0) is 41.2. The van der Waals surface area contributed by atoms with Crippen molar-refractivity contribution in [3.8, 4) is 28.7 Å². The summed E-state index contributed by atoms with van der Waals surface area (Å²) in [5.74, 6) is -1.17. The monoisotopic (exact) mass is 806 g/mol. The van der Waals surface area contributed by atoms with Gasteiger partial charge in [0.1, 0.15) is 11.3 Å². The Kier molecular flexibility index (Phi) is 10.5. The van der Waals surface area contributed by atoms with Crippen molar-refractivity contribution in [1.29, 1.82) is 0 Å². The number of nitrogens with zero attached hydrogens (tertiary/aromatic N) is 4. The van der Waals surface area contributed by atoms with Gasteiger partial charge in [-0.15, -0.1) is 0 Å². The summed E-state index contributed by atoms with van der Waals surface area (Å²) in [7, 11) is 1.55. The third-order valence-electron chi connectivity index (χ3n) is 10.5. The maximum atomic E-state index is 15.6. The second-order valence-electron chi connectivity index (χ2n) is 14.2. The lowest BCUT2D eigenvalue weighted by molar-refractivity contribution is -0.122. The second kappa shape index (κ2) is 16.5. The van der Waals surface area contributed by atoms with Crippen LogP contribution < -0.4 is 29.7 Å². The van der Waals surface area contributed by atoms with Crippen LogP contribution in [0.15, 0.2) is 127 Å². The van der Waals surface area contributed by atoms with E-state index >= 15 is 4.39 Å². The molecule has 302 valence electrons. The number of carbonyl (C=O) groups excluding carboxylic acids is 3. The van der Waals surface area contributed by atoms with Crippen molar-refractivity contribution in [3.63, 3.8) is 0 Å². The SMILES string of the molecule is COc1cc2c(Oc3ccc(N/C=C4\C(=O)NC(=O)N(c5cccc(-n6c7ccccc7c7ccccc76)c5)C4=O)cc3F)ccnc2cc1OCCCN1CCOCC1. The van der Waals surface area contributed by atoms with E-state index in [2.05, 4.69) is 25.1 Å². The summed E-state index contributed by atoms with van der Waals surface area (Å²) in [5.41, 5.74) is 3.32. The Labute approximate surface area is 343 Å². The van der Waals surface area contributed by atoms with Gasteiger partial charge in [-0.1, -0.05) is 42.5 Å². The molecule has 0 bridgehead atoms. The van der Waals surface area contributed by atoms with Crippen molar-refractivity contribution in [1.82, 2.24) is 19.8 Å². The van der Waals surface area contributed by atoms with Gasteiger partial charge in [0.2, 0.25) is 0 Å². The van der Waals surface area contributed by atoms with Gasteiger partial charge in [-0.05, 0) is 61.0 Å². The third kappa shape index (κ3) is 7.45. The molecule has 2 fully saturated rings. The highest BCUT2D eigenvalue weighted by Crippen LogP contribution is 2.38. The first-order valence-electron chi connectivity index (χ1n) is 19.5. The number of barbiturate groups is 1. The Morgan fingerprint density at radius 2 is 1.55 bits per heavy atom. The van der Waals surface area contributed by atoms with Crippen LogP contribution in [0.5, 0.6) is 23.0 Å². The van der Waals surface area contributed by atoms with Gasteiger partial charge in [-0.25, -0.2) is 14.1 Å². The number of urea groups is 1. The fourth-order valence-corrected chi connectivity index (χ4v) is 7.60. The van der Waals surface area contributed by atoms with E-state index in [9.17, 15) is 14.4 Å². The molecule has 0 spiro atoms. The molecular weight excluding hydrogens is 768 g/mol. The molecule has 9 rings (SSSR count). The van der Waals surface area contributed by atoms with Crippen molar-refractivity contribution < 1.29 is 37.7 Å². The normalized spacial score (nSPS) is 15.5. The number of carbonyl (C=O) groups is 3.